The number of hydrogen-bond acceptors (Lipinski definition) is 3. The van der Waals surface area contributed by atoms with Crippen LogP contribution in [-0.4, -0.2) is 25.3 Å². The summed E-state index contributed by atoms with van der Waals surface area (Å²) in [5.41, 5.74) is 0. The molecule has 0 spiro atoms. The molecule has 0 amide bonds. The molecule has 0 aliphatic heterocycles. The minimum atomic E-state index is -4.49. The van der Waals surface area contributed by atoms with Gasteiger partial charge in [-0.1, -0.05) is 0 Å². The van der Waals surface area contributed by atoms with Gasteiger partial charge in [0.2, 0.25) is 0 Å². The zero-order valence-corrected chi connectivity index (χ0v) is 7.45. The second-order valence-corrected chi connectivity index (χ2v) is 4.12. The molecule has 0 N–H and O–H groups in total. The summed E-state index contributed by atoms with van der Waals surface area (Å²) < 4.78 is 31.7. The molecular weight excluding hydrogens is 195 g/mol. The van der Waals surface area contributed by atoms with Gasteiger partial charge in [-0.3, -0.25) is 4.79 Å². The first-order chi connectivity index (χ1) is 4.83. The van der Waals surface area contributed by atoms with Gasteiger partial charge in [0, 0.05) is 0 Å². The van der Waals surface area contributed by atoms with Gasteiger partial charge in [0.1, 0.15) is 5.78 Å². The number of rotatable bonds is 4. The molecule has 0 radical (unpaired) electrons. The van der Waals surface area contributed by atoms with Crippen molar-refractivity contribution < 1.29 is 17.1 Å². The number of carbonyl (C=O) groups excluding carboxylic acids is 1. The highest BCUT2D eigenvalue weighted by molar-refractivity contribution is 7.86. The topological polar surface area (TPSA) is 51.2 Å². The molecule has 66 valence electrons. The summed E-state index contributed by atoms with van der Waals surface area (Å²) in [5, 5.41) is -0.902. The molecule has 0 heterocycles. The standard InChI is InChI=1S/C5H8ClFO3S/c1-4(8)5(6)2-3-11(7,9)10/h5H,2-3H2,1H3. The predicted octanol–water partition coefficient (Wildman–Crippen LogP) is 0.872. The molecule has 1 atom stereocenters. The zero-order chi connectivity index (χ0) is 9.07. The van der Waals surface area contributed by atoms with E-state index in [0.29, 0.717) is 0 Å². The van der Waals surface area contributed by atoms with E-state index in [1.165, 1.54) is 6.92 Å². The maximum Gasteiger partial charge on any atom is 0.302 e. The second kappa shape index (κ2) is 4.01. The Bertz CT molecular complexity index is 236. The lowest BCUT2D eigenvalue weighted by atomic mass is 10.2. The number of carbonyl (C=O) groups is 1. The van der Waals surface area contributed by atoms with Gasteiger partial charge in [-0.2, -0.15) is 8.42 Å². The molecule has 11 heavy (non-hydrogen) atoms. The predicted molar refractivity (Wildman–Crippen MR) is 39.8 cm³/mol. The second-order valence-electron chi connectivity index (χ2n) is 2.11. The Hall–Kier alpha value is -0.160. The molecule has 0 aliphatic carbocycles. The Balaban J connectivity index is 3.82. The first-order valence-electron chi connectivity index (χ1n) is 2.90. The van der Waals surface area contributed by atoms with Gasteiger partial charge < -0.3 is 0 Å². The quantitative estimate of drug-likeness (QED) is 0.502. The Kier molecular flexibility index (Phi) is 3.96. The smallest absolute Gasteiger partial charge is 0.298 e. The van der Waals surface area contributed by atoms with Crippen molar-refractivity contribution in [3.8, 4) is 0 Å². The van der Waals surface area contributed by atoms with E-state index in [2.05, 4.69) is 0 Å². The molecule has 6 heteroatoms. The first kappa shape index (κ1) is 10.8. The average Bonchev–Trinajstić information content (AvgIpc) is 1.80. The lowest BCUT2D eigenvalue weighted by Crippen LogP contribution is -2.14. The van der Waals surface area contributed by atoms with Gasteiger partial charge in [0.15, 0.2) is 0 Å². The van der Waals surface area contributed by atoms with Crippen molar-refractivity contribution in [1.82, 2.24) is 0 Å². The van der Waals surface area contributed by atoms with Crippen LogP contribution < -0.4 is 0 Å². The first-order valence-corrected chi connectivity index (χ1v) is 4.88. The Morgan fingerprint density at radius 1 is 1.64 bits per heavy atom. The van der Waals surface area contributed by atoms with E-state index in [9.17, 15) is 17.1 Å². The zero-order valence-electron chi connectivity index (χ0n) is 5.88. The van der Waals surface area contributed by atoms with Gasteiger partial charge >= 0.3 is 10.2 Å². The largest absolute Gasteiger partial charge is 0.302 e. The molecule has 0 aromatic rings. The van der Waals surface area contributed by atoms with E-state index in [0.717, 1.165) is 0 Å². The molecule has 0 saturated heterocycles. The van der Waals surface area contributed by atoms with Gasteiger partial charge in [-0.05, 0) is 13.3 Å². The van der Waals surface area contributed by atoms with E-state index in [-0.39, 0.29) is 12.2 Å². The van der Waals surface area contributed by atoms with Crippen molar-refractivity contribution in [2.75, 3.05) is 5.75 Å². The summed E-state index contributed by atoms with van der Waals surface area (Å²) in [6.45, 7) is 1.22. The molecular formula is C5H8ClFO3S. The van der Waals surface area contributed by atoms with Gasteiger partial charge in [0.25, 0.3) is 0 Å². The van der Waals surface area contributed by atoms with Crippen molar-refractivity contribution in [1.29, 1.82) is 0 Å². The molecule has 0 aromatic carbocycles. The normalized spacial score (nSPS) is 14.5. The summed E-state index contributed by atoms with van der Waals surface area (Å²) in [4.78, 5) is 10.4. The molecule has 0 aromatic heterocycles. The summed E-state index contributed by atoms with van der Waals surface area (Å²) in [6, 6.07) is 0. The minimum absolute atomic E-state index is 0.171. The van der Waals surface area contributed by atoms with Crippen LogP contribution in [0.1, 0.15) is 13.3 Å². The number of halogens is 2. The number of ketones is 1. The maximum atomic E-state index is 11.8. The van der Waals surface area contributed by atoms with Crippen LogP contribution in [-0.2, 0) is 15.0 Å². The third kappa shape index (κ3) is 6.25. The van der Waals surface area contributed by atoms with E-state index < -0.39 is 21.4 Å². The minimum Gasteiger partial charge on any atom is -0.298 e. The molecule has 0 rings (SSSR count). The van der Waals surface area contributed by atoms with Crippen LogP contribution in [0.15, 0.2) is 0 Å². The van der Waals surface area contributed by atoms with E-state index in [1.54, 1.807) is 0 Å². The molecule has 0 bridgehead atoms. The van der Waals surface area contributed by atoms with Crippen molar-refractivity contribution >= 4 is 27.6 Å². The van der Waals surface area contributed by atoms with Crippen LogP contribution >= 0.6 is 11.6 Å². The fourth-order valence-electron chi connectivity index (χ4n) is 0.448. The lowest BCUT2D eigenvalue weighted by molar-refractivity contribution is -0.116. The molecule has 3 nitrogen and oxygen atoms in total. The fourth-order valence-corrected chi connectivity index (χ4v) is 1.20. The average molecular weight is 203 g/mol. The third-order valence-electron chi connectivity index (χ3n) is 1.06. The third-order valence-corrected chi connectivity index (χ3v) is 2.31. The fraction of sp³-hybridized carbons (Fsp3) is 0.800. The number of hydrogen-bond donors (Lipinski definition) is 0. The SMILES string of the molecule is CC(=O)C(Cl)CCS(=O)(=O)F. The highest BCUT2D eigenvalue weighted by atomic mass is 35.5. The summed E-state index contributed by atoms with van der Waals surface area (Å²) in [5.74, 6) is -1.05. The monoisotopic (exact) mass is 202 g/mol. The summed E-state index contributed by atoms with van der Waals surface area (Å²) in [7, 11) is -4.49. The van der Waals surface area contributed by atoms with Crippen LogP contribution in [0.4, 0.5) is 3.89 Å². The van der Waals surface area contributed by atoms with Crippen molar-refractivity contribution in [3.63, 3.8) is 0 Å². The van der Waals surface area contributed by atoms with Crippen LogP contribution in [0.3, 0.4) is 0 Å². The molecule has 0 fully saturated rings. The summed E-state index contributed by atoms with van der Waals surface area (Å²) in [6.07, 6.45) is -0.171. The molecule has 1 unspecified atom stereocenters. The van der Waals surface area contributed by atoms with E-state index in [4.69, 9.17) is 11.6 Å². The van der Waals surface area contributed by atoms with Crippen molar-refractivity contribution in [3.05, 3.63) is 0 Å². The molecule has 0 aliphatic rings. The van der Waals surface area contributed by atoms with Crippen molar-refractivity contribution in [2.24, 2.45) is 0 Å². The highest BCUT2D eigenvalue weighted by Gasteiger charge is 2.15. The highest BCUT2D eigenvalue weighted by Crippen LogP contribution is 2.06. The Morgan fingerprint density at radius 3 is 2.36 bits per heavy atom. The van der Waals surface area contributed by atoms with Crippen LogP contribution in [0, 0.1) is 0 Å². The Morgan fingerprint density at radius 2 is 2.09 bits per heavy atom. The number of Topliss-reactive ketones (excluding diaryl/α,β-unsaturated/α-hetero) is 1. The van der Waals surface area contributed by atoms with Crippen LogP contribution in [0.5, 0.6) is 0 Å². The van der Waals surface area contributed by atoms with Crippen LogP contribution in [0.25, 0.3) is 0 Å². The van der Waals surface area contributed by atoms with Crippen LogP contribution in [0.2, 0.25) is 0 Å². The Labute approximate surface area is 69.8 Å². The van der Waals surface area contributed by atoms with Gasteiger partial charge in [0.05, 0.1) is 11.1 Å². The van der Waals surface area contributed by atoms with E-state index in [1.807, 2.05) is 0 Å². The van der Waals surface area contributed by atoms with Gasteiger partial charge in [-0.15, -0.1) is 15.5 Å². The molecule has 0 saturated carbocycles. The lowest BCUT2D eigenvalue weighted by Gasteiger charge is -2.00. The van der Waals surface area contributed by atoms with Crippen molar-refractivity contribution in [2.45, 2.75) is 18.7 Å². The summed E-state index contributed by atoms with van der Waals surface area (Å²) >= 11 is 5.34. The number of alkyl halides is 1. The van der Waals surface area contributed by atoms with E-state index >= 15 is 0 Å². The van der Waals surface area contributed by atoms with Gasteiger partial charge in [-0.25, -0.2) is 0 Å². The maximum absolute atomic E-state index is 11.8.